The van der Waals surface area contributed by atoms with Crippen LogP contribution in [-0.2, 0) is 0 Å². The standard InChI is InChI=1S/C14H18N6/c1-10-8-12(19-14-15-5-3-6-16-14)18-13(17-10)11-4-7-20(2)9-11/h3,5-6,8,11H,4,7,9H2,1-2H3,(H,15,16,17,18,19)/t11-/m0/s1. The highest BCUT2D eigenvalue weighted by atomic mass is 15.2. The van der Waals surface area contributed by atoms with Gasteiger partial charge in [0.25, 0.3) is 0 Å². The third-order valence-electron chi connectivity index (χ3n) is 3.43. The minimum absolute atomic E-state index is 0.414. The predicted octanol–water partition coefficient (Wildman–Crippen LogP) is 1.74. The first-order valence-electron chi connectivity index (χ1n) is 6.79. The summed E-state index contributed by atoms with van der Waals surface area (Å²) in [5.41, 5.74) is 0.961. The number of likely N-dealkylation sites (tertiary alicyclic amines) is 1. The molecule has 0 aliphatic carbocycles. The fourth-order valence-electron chi connectivity index (χ4n) is 2.46. The normalized spacial score (nSPS) is 19.2. The van der Waals surface area contributed by atoms with Crippen LogP contribution >= 0.6 is 0 Å². The first-order valence-corrected chi connectivity index (χ1v) is 6.79. The Morgan fingerprint density at radius 1 is 1.25 bits per heavy atom. The van der Waals surface area contributed by atoms with Gasteiger partial charge in [0.15, 0.2) is 0 Å². The maximum atomic E-state index is 4.62. The van der Waals surface area contributed by atoms with Gasteiger partial charge < -0.3 is 10.2 Å². The molecule has 2 aromatic heterocycles. The average Bonchev–Trinajstić information content (AvgIpc) is 2.86. The van der Waals surface area contributed by atoms with Crippen LogP contribution in [0.4, 0.5) is 11.8 Å². The molecule has 1 aliphatic rings. The zero-order chi connectivity index (χ0) is 13.9. The third-order valence-corrected chi connectivity index (χ3v) is 3.43. The number of nitrogens with one attached hydrogen (secondary N) is 1. The van der Waals surface area contributed by atoms with Crippen LogP contribution in [-0.4, -0.2) is 45.0 Å². The maximum absolute atomic E-state index is 4.62. The van der Waals surface area contributed by atoms with E-state index in [2.05, 4.69) is 37.2 Å². The van der Waals surface area contributed by atoms with Crippen LogP contribution in [0.5, 0.6) is 0 Å². The number of anilines is 2. The second-order valence-electron chi connectivity index (χ2n) is 5.20. The molecule has 6 heteroatoms. The molecule has 1 aliphatic heterocycles. The van der Waals surface area contributed by atoms with E-state index in [-0.39, 0.29) is 0 Å². The maximum Gasteiger partial charge on any atom is 0.228 e. The number of aromatic nitrogens is 4. The lowest BCUT2D eigenvalue weighted by Crippen LogP contribution is -2.15. The molecule has 0 unspecified atom stereocenters. The minimum atomic E-state index is 0.414. The summed E-state index contributed by atoms with van der Waals surface area (Å²) in [7, 11) is 2.13. The van der Waals surface area contributed by atoms with Crippen LogP contribution < -0.4 is 5.32 Å². The third kappa shape index (κ3) is 2.91. The lowest BCUT2D eigenvalue weighted by molar-refractivity contribution is 0.409. The first-order chi connectivity index (χ1) is 9.70. The molecular weight excluding hydrogens is 252 g/mol. The molecule has 1 atom stereocenters. The molecule has 1 saturated heterocycles. The van der Waals surface area contributed by atoms with Crippen molar-refractivity contribution in [2.45, 2.75) is 19.3 Å². The van der Waals surface area contributed by atoms with Crippen LogP contribution in [0.15, 0.2) is 24.5 Å². The molecule has 0 radical (unpaired) electrons. The van der Waals surface area contributed by atoms with Crippen molar-refractivity contribution in [1.29, 1.82) is 0 Å². The predicted molar refractivity (Wildman–Crippen MR) is 76.9 cm³/mol. The molecule has 0 bridgehead atoms. The molecule has 0 amide bonds. The van der Waals surface area contributed by atoms with E-state index in [9.17, 15) is 0 Å². The summed E-state index contributed by atoms with van der Waals surface area (Å²) in [6, 6.07) is 3.70. The van der Waals surface area contributed by atoms with Crippen molar-refractivity contribution in [3.8, 4) is 0 Å². The zero-order valence-electron chi connectivity index (χ0n) is 11.7. The summed E-state index contributed by atoms with van der Waals surface area (Å²) in [4.78, 5) is 19.8. The molecule has 0 spiro atoms. The molecule has 104 valence electrons. The summed E-state index contributed by atoms with van der Waals surface area (Å²) in [6.07, 6.45) is 4.52. The summed E-state index contributed by atoms with van der Waals surface area (Å²) >= 11 is 0. The molecule has 1 fully saturated rings. The second kappa shape index (κ2) is 5.50. The quantitative estimate of drug-likeness (QED) is 0.916. The van der Waals surface area contributed by atoms with Gasteiger partial charge in [-0.15, -0.1) is 0 Å². The Bertz CT molecular complexity index is 585. The van der Waals surface area contributed by atoms with Crippen molar-refractivity contribution < 1.29 is 0 Å². The van der Waals surface area contributed by atoms with Gasteiger partial charge in [0.1, 0.15) is 11.6 Å². The van der Waals surface area contributed by atoms with Gasteiger partial charge in [0, 0.05) is 36.6 Å². The van der Waals surface area contributed by atoms with E-state index in [1.807, 2.05) is 13.0 Å². The largest absolute Gasteiger partial charge is 0.309 e. The zero-order valence-corrected chi connectivity index (χ0v) is 11.7. The van der Waals surface area contributed by atoms with E-state index in [1.165, 1.54) is 0 Å². The molecule has 20 heavy (non-hydrogen) atoms. The van der Waals surface area contributed by atoms with E-state index in [4.69, 9.17) is 0 Å². The van der Waals surface area contributed by atoms with Gasteiger partial charge in [0.2, 0.25) is 5.95 Å². The van der Waals surface area contributed by atoms with Gasteiger partial charge in [-0.25, -0.2) is 19.9 Å². The number of nitrogens with zero attached hydrogens (tertiary/aromatic N) is 5. The van der Waals surface area contributed by atoms with Crippen LogP contribution in [0.1, 0.15) is 23.9 Å². The fourth-order valence-corrected chi connectivity index (χ4v) is 2.46. The number of rotatable bonds is 3. The van der Waals surface area contributed by atoms with Gasteiger partial charge in [0.05, 0.1) is 0 Å². The fraction of sp³-hybridized carbons (Fsp3) is 0.429. The Hall–Kier alpha value is -2.08. The first kappa shape index (κ1) is 12.9. The van der Waals surface area contributed by atoms with Crippen LogP contribution in [0.3, 0.4) is 0 Å². The number of aryl methyl sites for hydroxylation is 1. The lowest BCUT2D eigenvalue weighted by Gasteiger charge is -2.12. The molecule has 0 saturated carbocycles. The van der Waals surface area contributed by atoms with E-state index >= 15 is 0 Å². The van der Waals surface area contributed by atoms with Crippen molar-refractivity contribution >= 4 is 11.8 Å². The Labute approximate surface area is 118 Å². The van der Waals surface area contributed by atoms with E-state index < -0.39 is 0 Å². The van der Waals surface area contributed by atoms with Crippen molar-refractivity contribution in [1.82, 2.24) is 24.8 Å². The highest BCUT2D eigenvalue weighted by Gasteiger charge is 2.24. The van der Waals surface area contributed by atoms with Crippen molar-refractivity contribution in [3.63, 3.8) is 0 Å². The lowest BCUT2D eigenvalue weighted by atomic mass is 10.1. The van der Waals surface area contributed by atoms with Crippen molar-refractivity contribution in [3.05, 3.63) is 36.0 Å². The topological polar surface area (TPSA) is 66.8 Å². The van der Waals surface area contributed by atoms with Gasteiger partial charge in [-0.2, -0.15) is 0 Å². The Morgan fingerprint density at radius 2 is 2.05 bits per heavy atom. The van der Waals surface area contributed by atoms with Crippen LogP contribution in [0.2, 0.25) is 0 Å². The summed E-state index contributed by atoms with van der Waals surface area (Å²) in [6.45, 7) is 4.11. The molecular formula is C14H18N6. The Kier molecular flexibility index (Phi) is 3.56. The molecule has 6 nitrogen and oxygen atoms in total. The minimum Gasteiger partial charge on any atom is -0.309 e. The van der Waals surface area contributed by atoms with Crippen molar-refractivity contribution in [2.75, 3.05) is 25.5 Å². The van der Waals surface area contributed by atoms with E-state index in [1.54, 1.807) is 18.5 Å². The molecule has 2 aromatic rings. The Morgan fingerprint density at radius 3 is 2.75 bits per heavy atom. The summed E-state index contributed by atoms with van der Waals surface area (Å²) in [5.74, 6) is 2.64. The molecule has 0 aromatic carbocycles. The van der Waals surface area contributed by atoms with E-state index in [0.717, 1.165) is 36.8 Å². The van der Waals surface area contributed by atoms with Crippen molar-refractivity contribution in [2.24, 2.45) is 0 Å². The Balaban J connectivity index is 1.83. The second-order valence-corrected chi connectivity index (χ2v) is 5.20. The van der Waals surface area contributed by atoms with Crippen LogP contribution in [0.25, 0.3) is 0 Å². The smallest absolute Gasteiger partial charge is 0.228 e. The molecule has 3 heterocycles. The monoisotopic (exact) mass is 270 g/mol. The summed E-state index contributed by atoms with van der Waals surface area (Å²) in [5, 5.41) is 3.13. The number of hydrogen-bond acceptors (Lipinski definition) is 6. The summed E-state index contributed by atoms with van der Waals surface area (Å²) < 4.78 is 0. The number of likely N-dealkylation sites (N-methyl/N-ethyl adjacent to an activating group) is 1. The SMILES string of the molecule is Cc1cc(Nc2ncccn2)nc([C@H]2CCN(C)C2)n1. The molecule has 1 N–H and O–H groups in total. The van der Waals surface area contributed by atoms with Gasteiger partial charge in [-0.05, 0) is 33.0 Å². The number of hydrogen-bond donors (Lipinski definition) is 1. The van der Waals surface area contributed by atoms with Gasteiger partial charge >= 0.3 is 0 Å². The highest BCUT2D eigenvalue weighted by Crippen LogP contribution is 2.25. The van der Waals surface area contributed by atoms with Gasteiger partial charge in [-0.3, -0.25) is 0 Å². The van der Waals surface area contributed by atoms with E-state index in [0.29, 0.717) is 11.9 Å². The molecule has 3 rings (SSSR count). The highest BCUT2D eigenvalue weighted by molar-refractivity contribution is 5.47. The van der Waals surface area contributed by atoms with Crippen LogP contribution in [0, 0.1) is 6.92 Å². The average molecular weight is 270 g/mol. The van der Waals surface area contributed by atoms with Gasteiger partial charge in [-0.1, -0.05) is 0 Å².